The van der Waals surface area contributed by atoms with Gasteiger partial charge < -0.3 is 20.5 Å². The molecule has 2 aromatic heterocycles. The molecule has 0 bridgehead atoms. The van der Waals surface area contributed by atoms with E-state index in [1.54, 1.807) is 30.0 Å². The minimum absolute atomic E-state index is 0.146. The minimum Gasteiger partial charge on any atom is -0.383 e. The third kappa shape index (κ3) is 3.65. The Kier molecular flexibility index (Phi) is 4.91. The van der Waals surface area contributed by atoms with E-state index in [-0.39, 0.29) is 29.5 Å². The Labute approximate surface area is 162 Å². The zero-order chi connectivity index (χ0) is 19.7. The van der Waals surface area contributed by atoms with E-state index in [1.165, 1.54) is 12.8 Å². The van der Waals surface area contributed by atoms with Crippen LogP contribution in [-0.4, -0.2) is 57.4 Å². The largest absolute Gasteiger partial charge is 0.383 e. The van der Waals surface area contributed by atoms with E-state index >= 15 is 0 Å². The molecule has 0 aliphatic carbocycles. The highest BCUT2D eigenvalue weighted by atomic mass is 16.2. The number of carbonyl (C=O) groups excluding carboxylic acids is 2. The number of nitrogens with zero attached hydrogens (tertiary/aromatic N) is 5. The third-order valence-electron chi connectivity index (χ3n) is 5.07. The Hall–Kier alpha value is -3.07. The molecule has 1 saturated heterocycles. The minimum atomic E-state index is -0.261. The molecule has 9 nitrogen and oxygen atoms in total. The first kappa shape index (κ1) is 18.3. The first-order valence-corrected chi connectivity index (χ1v) is 9.44. The number of nitrogen functional groups attached to an aromatic ring is 1. The molecule has 3 N–H and O–H groups in total. The van der Waals surface area contributed by atoms with Crippen molar-refractivity contribution in [2.24, 2.45) is 12.0 Å². The monoisotopic (exact) mass is 381 g/mol. The van der Waals surface area contributed by atoms with Gasteiger partial charge >= 0.3 is 0 Å². The normalized spacial score (nSPS) is 16.4. The number of fused-ring (bicyclic) bond motifs is 1. The number of aryl methyl sites for hydroxylation is 1. The van der Waals surface area contributed by atoms with Crippen LogP contribution in [0.2, 0.25) is 0 Å². The van der Waals surface area contributed by atoms with E-state index in [4.69, 9.17) is 5.73 Å². The van der Waals surface area contributed by atoms with Crippen molar-refractivity contribution in [3.63, 3.8) is 0 Å². The van der Waals surface area contributed by atoms with E-state index < -0.39 is 0 Å². The predicted molar refractivity (Wildman–Crippen MR) is 104 cm³/mol. The number of rotatable bonds is 5. The zero-order valence-corrected chi connectivity index (χ0v) is 15.8. The number of hydrogen-bond donors (Lipinski definition) is 2. The van der Waals surface area contributed by atoms with Crippen LogP contribution in [0, 0.1) is 0 Å². The van der Waals surface area contributed by atoms with E-state index in [9.17, 15) is 9.59 Å². The third-order valence-corrected chi connectivity index (χ3v) is 5.07. The molecule has 146 valence electrons. The van der Waals surface area contributed by atoms with Gasteiger partial charge in [-0.1, -0.05) is 6.08 Å². The number of anilines is 1. The van der Waals surface area contributed by atoms with Crippen LogP contribution in [0.5, 0.6) is 0 Å². The maximum atomic E-state index is 12.5. The van der Waals surface area contributed by atoms with Gasteiger partial charge in [0.1, 0.15) is 11.5 Å². The van der Waals surface area contributed by atoms with E-state index in [0.717, 1.165) is 19.6 Å². The summed E-state index contributed by atoms with van der Waals surface area (Å²) < 4.78 is 1.73. The molecule has 0 spiro atoms. The Bertz CT molecular complexity index is 1050. The van der Waals surface area contributed by atoms with E-state index in [2.05, 4.69) is 25.2 Å². The van der Waals surface area contributed by atoms with E-state index in [0.29, 0.717) is 28.8 Å². The van der Waals surface area contributed by atoms with Crippen LogP contribution >= 0.6 is 0 Å². The lowest BCUT2D eigenvalue weighted by molar-refractivity contribution is -0.117. The highest BCUT2D eigenvalue weighted by Gasteiger charge is 2.17. The summed E-state index contributed by atoms with van der Waals surface area (Å²) in [5, 5.41) is 3.55. The van der Waals surface area contributed by atoms with Gasteiger partial charge in [0.05, 0.1) is 5.22 Å². The number of carbonyl (C=O) groups is 2. The van der Waals surface area contributed by atoms with Gasteiger partial charge in [0.2, 0.25) is 0 Å². The second kappa shape index (κ2) is 7.51. The predicted octanol–water partition coefficient (Wildman–Crippen LogP) is -0.780. The van der Waals surface area contributed by atoms with Crippen molar-refractivity contribution in [2.45, 2.75) is 19.3 Å². The summed E-state index contributed by atoms with van der Waals surface area (Å²) in [7, 11) is 1.79. The molecule has 2 amide bonds. The van der Waals surface area contributed by atoms with Gasteiger partial charge in [0, 0.05) is 38.3 Å². The lowest BCUT2D eigenvalue weighted by Gasteiger charge is -2.14. The zero-order valence-electron chi connectivity index (χ0n) is 15.8. The maximum absolute atomic E-state index is 12.5. The van der Waals surface area contributed by atoms with Crippen LogP contribution in [0.1, 0.15) is 29.8 Å². The van der Waals surface area contributed by atoms with Crippen LogP contribution < -0.4 is 21.8 Å². The molecule has 4 rings (SSSR count). The Morgan fingerprint density at radius 2 is 2.07 bits per heavy atom. The molecule has 1 fully saturated rings. The number of hydrogen-bond acceptors (Lipinski definition) is 6. The van der Waals surface area contributed by atoms with Crippen LogP contribution in [0.25, 0.3) is 17.5 Å². The molecule has 0 saturated carbocycles. The standard InChI is InChI=1S/C19H23N7O2/c1-25-11-12(10-14(25)19(28)21-6-9-26-7-2-3-8-26)17-23-16(20)13-4-5-15(27)22-18(13)24-17/h4,10-11H,2-3,5-9H2,1H3,(H,21,28)(H2,20,22,23,24,27). The molecule has 0 radical (unpaired) electrons. The number of nitrogens with one attached hydrogen (secondary N) is 1. The maximum Gasteiger partial charge on any atom is 0.267 e. The van der Waals surface area contributed by atoms with Crippen molar-refractivity contribution >= 4 is 23.7 Å². The second-order valence-electron chi connectivity index (χ2n) is 7.11. The molecule has 2 aliphatic heterocycles. The number of aromatic nitrogens is 3. The summed E-state index contributed by atoms with van der Waals surface area (Å²) in [4.78, 5) is 39.1. The van der Waals surface area contributed by atoms with Gasteiger partial charge in [0.15, 0.2) is 11.3 Å². The van der Waals surface area contributed by atoms with Gasteiger partial charge in [-0.2, -0.15) is 4.99 Å². The van der Waals surface area contributed by atoms with Gasteiger partial charge in [-0.25, -0.2) is 9.97 Å². The molecular weight excluding hydrogens is 358 g/mol. The summed E-state index contributed by atoms with van der Waals surface area (Å²) >= 11 is 0. The van der Waals surface area contributed by atoms with Crippen molar-refractivity contribution in [3.8, 4) is 11.4 Å². The number of likely N-dealkylation sites (tertiary alicyclic amines) is 1. The smallest absolute Gasteiger partial charge is 0.267 e. The molecule has 28 heavy (non-hydrogen) atoms. The summed E-state index contributed by atoms with van der Waals surface area (Å²) in [5.41, 5.74) is 7.45. The van der Waals surface area contributed by atoms with Gasteiger partial charge in [-0.05, 0) is 32.0 Å². The molecule has 0 aromatic carbocycles. The lowest BCUT2D eigenvalue weighted by atomic mass is 10.2. The summed E-state index contributed by atoms with van der Waals surface area (Å²) in [6, 6.07) is 1.72. The van der Waals surface area contributed by atoms with Crippen molar-refractivity contribution < 1.29 is 9.59 Å². The number of nitrogens with two attached hydrogens (primary N) is 1. The highest BCUT2D eigenvalue weighted by Crippen LogP contribution is 2.17. The van der Waals surface area contributed by atoms with Crippen LogP contribution in [0.3, 0.4) is 0 Å². The van der Waals surface area contributed by atoms with Crippen LogP contribution in [-0.2, 0) is 11.8 Å². The quantitative estimate of drug-likeness (QED) is 0.701. The topological polar surface area (TPSA) is 118 Å². The SMILES string of the molecule is Cn1cc(-c2nc(N)c3c(n2)=NC(=O)CC=3)cc1C(=O)NCCN1CCCC1. The molecule has 2 aromatic rings. The molecule has 0 atom stereocenters. The van der Waals surface area contributed by atoms with Gasteiger partial charge in [0.25, 0.3) is 11.8 Å². The average Bonchev–Trinajstić information content (AvgIpc) is 3.31. The van der Waals surface area contributed by atoms with E-state index in [1.807, 2.05) is 0 Å². The van der Waals surface area contributed by atoms with Crippen molar-refractivity contribution in [3.05, 3.63) is 28.7 Å². The fourth-order valence-corrected chi connectivity index (χ4v) is 3.57. The highest BCUT2D eigenvalue weighted by molar-refractivity contribution is 5.94. The fourth-order valence-electron chi connectivity index (χ4n) is 3.57. The van der Waals surface area contributed by atoms with Crippen molar-refractivity contribution in [2.75, 3.05) is 31.9 Å². The summed E-state index contributed by atoms with van der Waals surface area (Å²) in [6.45, 7) is 3.68. The summed E-state index contributed by atoms with van der Waals surface area (Å²) in [6.07, 6.45) is 6.12. The Morgan fingerprint density at radius 1 is 1.29 bits per heavy atom. The van der Waals surface area contributed by atoms with Crippen molar-refractivity contribution in [1.29, 1.82) is 0 Å². The van der Waals surface area contributed by atoms with Gasteiger partial charge in [-0.3, -0.25) is 9.59 Å². The van der Waals surface area contributed by atoms with Crippen LogP contribution in [0.4, 0.5) is 5.82 Å². The first-order chi connectivity index (χ1) is 13.5. The first-order valence-electron chi connectivity index (χ1n) is 9.44. The van der Waals surface area contributed by atoms with Crippen LogP contribution in [0.15, 0.2) is 17.3 Å². The fraction of sp³-hybridized carbons (Fsp3) is 0.421. The van der Waals surface area contributed by atoms with Gasteiger partial charge in [-0.15, -0.1) is 0 Å². The van der Waals surface area contributed by atoms with Crippen molar-refractivity contribution in [1.82, 2.24) is 24.8 Å². The molecule has 0 unspecified atom stereocenters. The molecule has 2 aliphatic rings. The molecular formula is C19H23N7O2. The average molecular weight is 381 g/mol. The molecule has 4 heterocycles. The summed E-state index contributed by atoms with van der Waals surface area (Å²) in [5.74, 6) is 0.210. The lowest BCUT2D eigenvalue weighted by Crippen LogP contribution is -2.36. The molecule has 9 heteroatoms. The second-order valence-corrected chi connectivity index (χ2v) is 7.11. The Morgan fingerprint density at radius 3 is 2.86 bits per heavy atom. The Balaban J connectivity index is 1.54. The number of amides is 2.